The SMILES string of the molecule is O=C(N[C@H]1COc2ccc(C(F)(F)F)cc2C1)c1cc2n(n1)CC(CCN1CCC(F)(F)CC1)O2. The van der Waals surface area contributed by atoms with Crippen molar-refractivity contribution in [3.05, 3.63) is 41.1 Å². The fourth-order valence-corrected chi connectivity index (χ4v) is 4.64. The summed E-state index contributed by atoms with van der Waals surface area (Å²) in [5.41, 5.74) is -0.235. The highest BCUT2D eigenvalue weighted by molar-refractivity contribution is 5.92. The Morgan fingerprint density at radius 3 is 2.69 bits per heavy atom. The van der Waals surface area contributed by atoms with Gasteiger partial charge in [0, 0.05) is 38.5 Å². The summed E-state index contributed by atoms with van der Waals surface area (Å²) < 4.78 is 78.6. The number of likely N-dealkylation sites (tertiary alicyclic amines) is 1. The van der Waals surface area contributed by atoms with Crippen LogP contribution in [0.15, 0.2) is 24.3 Å². The van der Waals surface area contributed by atoms with E-state index >= 15 is 0 Å². The largest absolute Gasteiger partial charge is 0.491 e. The summed E-state index contributed by atoms with van der Waals surface area (Å²) in [6, 6.07) is 4.34. The maximum Gasteiger partial charge on any atom is 0.416 e. The van der Waals surface area contributed by atoms with Crippen molar-refractivity contribution in [1.82, 2.24) is 20.0 Å². The van der Waals surface area contributed by atoms with Gasteiger partial charge in [-0.2, -0.15) is 18.3 Å². The van der Waals surface area contributed by atoms with Gasteiger partial charge in [-0.15, -0.1) is 0 Å². The molecular formula is C23H25F5N4O3. The molecule has 5 rings (SSSR count). The number of alkyl halides is 5. The minimum absolute atomic E-state index is 0.125. The van der Waals surface area contributed by atoms with Crippen LogP contribution in [0.25, 0.3) is 0 Å². The Morgan fingerprint density at radius 1 is 1.20 bits per heavy atom. The fourth-order valence-electron chi connectivity index (χ4n) is 4.64. The first-order valence-electron chi connectivity index (χ1n) is 11.5. The molecule has 1 aromatic heterocycles. The third-order valence-electron chi connectivity index (χ3n) is 6.62. The van der Waals surface area contributed by atoms with Gasteiger partial charge in [-0.1, -0.05) is 0 Å². The zero-order valence-corrected chi connectivity index (χ0v) is 18.8. The van der Waals surface area contributed by atoms with Gasteiger partial charge < -0.3 is 19.7 Å². The highest BCUT2D eigenvalue weighted by Crippen LogP contribution is 2.34. The van der Waals surface area contributed by atoms with Gasteiger partial charge in [0.2, 0.25) is 5.88 Å². The van der Waals surface area contributed by atoms with Crippen LogP contribution < -0.4 is 14.8 Å². The topological polar surface area (TPSA) is 68.6 Å². The number of benzene rings is 1. The number of amides is 1. The molecule has 3 aliphatic heterocycles. The Kier molecular flexibility index (Phi) is 6.10. The van der Waals surface area contributed by atoms with Gasteiger partial charge in [0.1, 0.15) is 18.5 Å². The lowest BCUT2D eigenvalue weighted by atomic mass is 10.00. The molecule has 7 nitrogen and oxygen atoms in total. The summed E-state index contributed by atoms with van der Waals surface area (Å²) in [4.78, 5) is 14.7. The molecule has 12 heteroatoms. The molecule has 190 valence electrons. The Morgan fingerprint density at radius 2 is 1.97 bits per heavy atom. The van der Waals surface area contributed by atoms with Crippen LogP contribution in [0.5, 0.6) is 11.6 Å². The molecule has 1 unspecified atom stereocenters. The number of piperidine rings is 1. The van der Waals surface area contributed by atoms with Crippen molar-refractivity contribution in [3.8, 4) is 11.6 Å². The molecule has 4 heterocycles. The van der Waals surface area contributed by atoms with Crippen molar-refractivity contribution in [2.75, 3.05) is 26.2 Å². The predicted molar refractivity (Wildman–Crippen MR) is 114 cm³/mol. The Labute approximate surface area is 198 Å². The normalized spacial score (nSPS) is 23.7. The molecule has 0 aliphatic carbocycles. The van der Waals surface area contributed by atoms with Crippen LogP contribution in [0, 0.1) is 0 Å². The van der Waals surface area contributed by atoms with Gasteiger partial charge in [-0.3, -0.25) is 4.79 Å². The minimum atomic E-state index is -4.46. The highest BCUT2D eigenvalue weighted by atomic mass is 19.4. The van der Waals surface area contributed by atoms with Crippen LogP contribution in [-0.2, 0) is 19.1 Å². The van der Waals surface area contributed by atoms with Crippen LogP contribution >= 0.6 is 0 Å². The highest BCUT2D eigenvalue weighted by Gasteiger charge is 2.35. The quantitative estimate of drug-likeness (QED) is 0.637. The molecule has 1 amide bonds. The van der Waals surface area contributed by atoms with Crippen molar-refractivity contribution in [2.24, 2.45) is 0 Å². The van der Waals surface area contributed by atoms with Gasteiger partial charge in [-0.05, 0) is 36.6 Å². The van der Waals surface area contributed by atoms with Crippen molar-refractivity contribution in [2.45, 2.75) is 56.5 Å². The molecule has 1 aromatic carbocycles. The van der Waals surface area contributed by atoms with Crippen LogP contribution in [0.4, 0.5) is 22.0 Å². The van der Waals surface area contributed by atoms with Crippen LogP contribution in [0.1, 0.15) is 40.9 Å². The van der Waals surface area contributed by atoms with E-state index in [1.165, 1.54) is 12.1 Å². The Hall–Kier alpha value is -2.89. The van der Waals surface area contributed by atoms with Crippen LogP contribution in [0.2, 0.25) is 0 Å². The van der Waals surface area contributed by atoms with E-state index < -0.39 is 29.6 Å². The molecule has 0 bridgehead atoms. The van der Waals surface area contributed by atoms with Crippen molar-refractivity contribution >= 4 is 5.91 Å². The minimum Gasteiger partial charge on any atom is -0.491 e. The van der Waals surface area contributed by atoms with Crippen molar-refractivity contribution in [3.63, 3.8) is 0 Å². The number of hydrogen-bond acceptors (Lipinski definition) is 5. The van der Waals surface area contributed by atoms with E-state index in [1.54, 1.807) is 4.68 Å². The lowest BCUT2D eigenvalue weighted by Crippen LogP contribution is -2.43. The summed E-state index contributed by atoms with van der Waals surface area (Å²) in [6.07, 6.45) is -3.99. The van der Waals surface area contributed by atoms with Gasteiger partial charge in [0.05, 0.1) is 18.2 Å². The van der Waals surface area contributed by atoms with E-state index in [-0.39, 0.29) is 37.7 Å². The maximum atomic E-state index is 13.3. The number of hydrogen-bond donors (Lipinski definition) is 1. The monoisotopic (exact) mass is 500 g/mol. The smallest absolute Gasteiger partial charge is 0.416 e. The average molecular weight is 500 g/mol. The lowest BCUT2D eigenvalue weighted by Gasteiger charge is -2.32. The first-order chi connectivity index (χ1) is 16.6. The van der Waals surface area contributed by atoms with Crippen LogP contribution in [0.3, 0.4) is 0 Å². The molecule has 1 N–H and O–H groups in total. The maximum absolute atomic E-state index is 13.3. The first kappa shape index (κ1) is 23.8. The van der Waals surface area contributed by atoms with Gasteiger partial charge in [-0.25, -0.2) is 13.5 Å². The van der Waals surface area contributed by atoms with E-state index in [1.807, 2.05) is 4.90 Å². The molecule has 3 aliphatic rings. The van der Waals surface area contributed by atoms with Gasteiger partial charge in [0.25, 0.3) is 11.8 Å². The molecule has 1 fully saturated rings. The second kappa shape index (κ2) is 8.96. The molecule has 0 spiro atoms. The molecule has 35 heavy (non-hydrogen) atoms. The summed E-state index contributed by atoms with van der Waals surface area (Å²) in [7, 11) is 0. The molecule has 0 saturated carbocycles. The van der Waals surface area contributed by atoms with E-state index in [9.17, 15) is 26.7 Å². The predicted octanol–water partition coefficient (Wildman–Crippen LogP) is 3.52. The zero-order valence-electron chi connectivity index (χ0n) is 18.8. The lowest BCUT2D eigenvalue weighted by molar-refractivity contribution is -0.137. The molecule has 1 saturated heterocycles. The zero-order chi connectivity index (χ0) is 24.8. The second-order valence-electron chi connectivity index (χ2n) is 9.28. The van der Waals surface area contributed by atoms with E-state index in [0.29, 0.717) is 49.8 Å². The van der Waals surface area contributed by atoms with Crippen molar-refractivity contribution in [1.29, 1.82) is 0 Å². The number of nitrogens with one attached hydrogen (secondary N) is 1. The second-order valence-corrected chi connectivity index (χ2v) is 9.28. The van der Waals surface area contributed by atoms with Crippen LogP contribution in [-0.4, -0.2) is 64.9 Å². The molecule has 2 aromatic rings. The summed E-state index contributed by atoms with van der Waals surface area (Å²) in [6.45, 7) is 1.96. The molecular weight excluding hydrogens is 475 g/mol. The van der Waals surface area contributed by atoms with Crippen molar-refractivity contribution < 1.29 is 36.2 Å². The van der Waals surface area contributed by atoms with Gasteiger partial charge in [0.15, 0.2) is 5.69 Å². The third-order valence-corrected chi connectivity index (χ3v) is 6.62. The standard InChI is InChI=1S/C23H25F5N4O3/c24-22(25)4-7-31(8-5-22)6-3-17-12-32-20(35-17)11-18(30-32)21(33)29-16-10-14-9-15(23(26,27)28)1-2-19(14)34-13-16/h1-2,9,11,16-17H,3-8,10,12-13H2,(H,29,33)/t16-,17?/m1/s1. The number of rotatable bonds is 5. The Bertz CT molecular complexity index is 1070. The number of nitrogens with zero attached hydrogens (tertiary/aromatic N) is 3. The Balaban J connectivity index is 1.12. The summed E-state index contributed by atoms with van der Waals surface area (Å²) in [5, 5.41) is 7.05. The number of carbonyl (C=O) groups excluding carboxylic acids is 1. The first-order valence-corrected chi connectivity index (χ1v) is 11.5. The average Bonchev–Trinajstić information content (AvgIpc) is 3.36. The fraction of sp³-hybridized carbons (Fsp3) is 0.565. The van der Waals surface area contributed by atoms with E-state index in [0.717, 1.165) is 12.1 Å². The number of ether oxygens (including phenoxy) is 2. The van der Waals surface area contributed by atoms with E-state index in [4.69, 9.17) is 9.47 Å². The number of fused-ring (bicyclic) bond motifs is 2. The number of aromatic nitrogens is 2. The molecule has 2 atom stereocenters. The van der Waals surface area contributed by atoms with Gasteiger partial charge >= 0.3 is 6.18 Å². The number of carbonyl (C=O) groups is 1. The van der Waals surface area contributed by atoms with E-state index in [2.05, 4.69) is 10.4 Å². The summed E-state index contributed by atoms with van der Waals surface area (Å²) >= 11 is 0. The molecule has 0 radical (unpaired) electrons. The summed E-state index contributed by atoms with van der Waals surface area (Å²) in [5.74, 6) is -2.21. The number of halogens is 5. The third kappa shape index (κ3) is 5.36.